The molecule has 1 N–H and O–H groups in total. The highest BCUT2D eigenvalue weighted by molar-refractivity contribution is 7.14. The van der Waals surface area contributed by atoms with E-state index in [2.05, 4.69) is 5.32 Å². The molecule has 1 aromatic heterocycles. The van der Waals surface area contributed by atoms with Crippen LogP contribution in [0, 0.1) is 5.92 Å². The SMILES string of the molecule is CCOC(=O)c1ccsc1NC(=O)CN1CCC(C(=O)c2ccccc2)CC1. The number of Topliss-reactive ketones (excluding diaryl/α,β-unsaturated/α-hetero) is 1. The summed E-state index contributed by atoms with van der Waals surface area (Å²) in [7, 11) is 0. The Morgan fingerprint density at radius 3 is 2.54 bits per heavy atom. The predicted molar refractivity (Wildman–Crippen MR) is 109 cm³/mol. The second kappa shape index (κ2) is 9.61. The quantitative estimate of drug-likeness (QED) is 0.569. The summed E-state index contributed by atoms with van der Waals surface area (Å²) in [5.74, 6) is -0.406. The van der Waals surface area contributed by atoms with Gasteiger partial charge in [-0.25, -0.2) is 4.79 Å². The molecule has 2 aromatic rings. The summed E-state index contributed by atoms with van der Waals surface area (Å²) >= 11 is 1.30. The van der Waals surface area contributed by atoms with Crippen LogP contribution in [0.25, 0.3) is 0 Å². The van der Waals surface area contributed by atoms with E-state index in [1.165, 1.54) is 11.3 Å². The van der Waals surface area contributed by atoms with Crippen molar-refractivity contribution in [2.45, 2.75) is 19.8 Å². The number of nitrogens with zero attached hydrogens (tertiary/aromatic N) is 1. The Labute approximate surface area is 168 Å². The van der Waals surface area contributed by atoms with Gasteiger partial charge in [-0.15, -0.1) is 11.3 Å². The van der Waals surface area contributed by atoms with E-state index in [0.717, 1.165) is 18.4 Å². The Hall–Kier alpha value is -2.51. The molecular weight excluding hydrogens is 376 g/mol. The number of benzene rings is 1. The van der Waals surface area contributed by atoms with Crippen molar-refractivity contribution in [1.29, 1.82) is 0 Å². The molecule has 0 bridgehead atoms. The van der Waals surface area contributed by atoms with E-state index in [4.69, 9.17) is 4.74 Å². The van der Waals surface area contributed by atoms with Crippen molar-refractivity contribution in [1.82, 2.24) is 4.90 Å². The molecule has 28 heavy (non-hydrogen) atoms. The van der Waals surface area contributed by atoms with E-state index in [0.29, 0.717) is 30.3 Å². The van der Waals surface area contributed by atoms with Gasteiger partial charge >= 0.3 is 5.97 Å². The Balaban J connectivity index is 1.49. The summed E-state index contributed by atoms with van der Waals surface area (Å²) in [5, 5.41) is 5.07. The predicted octanol–water partition coefficient (Wildman–Crippen LogP) is 3.46. The number of anilines is 1. The van der Waals surface area contributed by atoms with Crippen molar-refractivity contribution in [3.8, 4) is 0 Å². The summed E-state index contributed by atoms with van der Waals surface area (Å²) < 4.78 is 5.00. The second-order valence-corrected chi connectivity index (χ2v) is 7.63. The normalized spacial score (nSPS) is 15.2. The van der Waals surface area contributed by atoms with E-state index in [1.807, 2.05) is 35.2 Å². The maximum Gasteiger partial charge on any atom is 0.341 e. The van der Waals surface area contributed by atoms with Crippen molar-refractivity contribution in [3.63, 3.8) is 0 Å². The van der Waals surface area contributed by atoms with E-state index in [-0.39, 0.29) is 24.2 Å². The van der Waals surface area contributed by atoms with Crippen LogP contribution >= 0.6 is 11.3 Å². The van der Waals surface area contributed by atoms with Gasteiger partial charge in [0.1, 0.15) is 5.00 Å². The minimum Gasteiger partial charge on any atom is -0.462 e. The van der Waals surface area contributed by atoms with Crippen molar-refractivity contribution in [3.05, 3.63) is 52.9 Å². The second-order valence-electron chi connectivity index (χ2n) is 6.71. The minimum absolute atomic E-state index is 0.00873. The van der Waals surface area contributed by atoms with E-state index in [1.54, 1.807) is 18.4 Å². The summed E-state index contributed by atoms with van der Waals surface area (Å²) in [6.07, 6.45) is 1.49. The van der Waals surface area contributed by atoms with Gasteiger partial charge in [0.25, 0.3) is 0 Å². The number of rotatable bonds is 7. The van der Waals surface area contributed by atoms with Crippen LogP contribution in [0.1, 0.15) is 40.5 Å². The third-order valence-corrected chi connectivity index (χ3v) is 5.63. The number of ketones is 1. The van der Waals surface area contributed by atoms with Crippen LogP contribution in [0.3, 0.4) is 0 Å². The number of amides is 1. The molecule has 148 valence electrons. The fraction of sp³-hybridized carbons (Fsp3) is 0.381. The van der Waals surface area contributed by atoms with Gasteiger partial charge in [0.05, 0.1) is 18.7 Å². The molecule has 6 nitrogen and oxygen atoms in total. The van der Waals surface area contributed by atoms with Crippen LogP contribution in [0.5, 0.6) is 0 Å². The van der Waals surface area contributed by atoms with Gasteiger partial charge in [-0.3, -0.25) is 14.5 Å². The summed E-state index contributed by atoms with van der Waals surface area (Å²) in [4.78, 5) is 38.9. The van der Waals surface area contributed by atoms with Crippen LogP contribution in [-0.4, -0.2) is 48.8 Å². The molecule has 0 saturated carbocycles. The zero-order valence-electron chi connectivity index (χ0n) is 15.8. The van der Waals surface area contributed by atoms with Crippen LogP contribution in [0.2, 0.25) is 0 Å². The number of esters is 1. The van der Waals surface area contributed by atoms with E-state index in [9.17, 15) is 14.4 Å². The van der Waals surface area contributed by atoms with E-state index < -0.39 is 5.97 Å². The highest BCUT2D eigenvalue weighted by atomic mass is 32.1. The molecular formula is C21H24N2O4S. The molecule has 2 heterocycles. The molecule has 1 amide bonds. The Morgan fingerprint density at radius 2 is 1.86 bits per heavy atom. The summed E-state index contributed by atoms with van der Waals surface area (Å²) in [5.41, 5.74) is 1.13. The highest BCUT2D eigenvalue weighted by Crippen LogP contribution is 2.25. The molecule has 0 aliphatic carbocycles. The lowest BCUT2D eigenvalue weighted by atomic mass is 9.89. The van der Waals surface area contributed by atoms with Crippen molar-refractivity contribution < 1.29 is 19.1 Å². The van der Waals surface area contributed by atoms with Crippen LogP contribution in [0.4, 0.5) is 5.00 Å². The molecule has 7 heteroatoms. The number of likely N-dealkylation sites (tertiary alicyclic amines) is 1. The zero-order valence-corrected chi connectivity index (χ0v) is 16.7. The summed E-state index contributed by atoms with van der Waals surface area (Å²) in [6.45, 7) is 3.68. The topological polar surface area (TPSA) is 75.7 Å². The lowest BCUT2D eigenvalue weighted by Crippen LogP contribution is -2.40. The third-order valence-electron chi connectivity index (χ3n) is 4.80. The molecule has 0 spiro atoms. The number of thiophene rings is 1. The molecule has 1 aliphatic rings. The maximum absolute atomic E-state index is 12.6. The molecule has 1 aliphatic heterocycles. The van der Waals surface area contributed by atoms with Gasteiger partial charge in [-0.05, 0) is 44.3 Å². The van der Waals surface area contributed by atoms with Crippen LogP contribution < -0.4 is 5.32 Å². The average Bonchev–Trinajstić information content (AvgIpc) is 3.17. The van der Waals surface area contributed by atoms with Crippen molar-refractivity contribution in [2.75, 3.05) is 31.6 Å². The van der Waals surface area contributed by atoms with E-state index >= 15 is 0 Å². The molecule has 0 atom stereocenters. The zero-order chi connectivity index (χ0) is 19.9. The Morgan fingerprint density at radius 1 is 1.14 bits per heavy atom. The number of carbonyl (C=O) groups is 3. The van der Waals surface area contributed by atoms with Gasteiger partial charge in [0.2, 0.25) is 5.91 Å². The molecule has 1 aromatic carbocycles. The summed E-state index contributed by atoms with van der Waals surface area (Å²) in [6, 6.07) is 11.0. The first-order valence-corrected chi connectivity index (χ1v) is 10.3. The van der Waals surface area contributed by atoms with Gasteiger partial charge in [0.15, 0.2) is 5.78 Å². The fourth-order valence-corrected chi connectivity index (χ4v) is 4.13. The standard InChI is InChI=1S/C21H24N2O4S/c1-2-27-21(26)17-10-13-28-20(17)22-18(24)14-23-11-8-16(9-12-23)19(25)15-6-4-3-5-7-15/h3-7,10,13,16H,2,8-9,11-12,14H2,1H3,(H,22,24). The molecule has 0 unspecified atom stereocenters. The number of ether oxygens (including phenoxy) is 1. The van der Waals surface area contributed by atoms with Crippen LogP contribution in [-0.2, 0) is 9.53 Å². The first-order valence-electron chi connectivity index (χ1n) is 9.44. The largest absolute Gasteiger partial charge is 0.462 e. The molecule has 0 radical (unpaired) electrons. The highest BCUT2D eigenvalue weighted by Gasteiger charge is 2.27. The number of hydrogen-bond donors (Lipinski definition) is 1. The molecule has 3 rings (SSSR count). The Bertz CT molecular complexity index is 826. The van der Waals surface area contributed by atoms with Gasteiger partial charge in [-0.2, -0.15) is 0 Å². The number of hydrogen-bond acceptors (Lipinski definition) is 6. The average molecular weight is 401 g/mol. The monoisotopic (exact) mass is 400 g/mol. The van der Waals surface area contributed by atoms with Crippen molar-refractivity contribution >= 4 is 34.0 Å². The van der Waals surface area contributed by atoms with Gasteiger partial charge in [0, 0.05) is 11.5 Å². The maximum atomic E-state index is 12.6. The van der Waals surface area contributed by atoms with Gasteiger partial charge < -0.3 is 10.1 Å². The smallest absolute Gasteiger partial charge is 0.341 e. The first kappa shape index (κ1) is 20.2. The number of carbonyl (C=O) groups excluding carboxylic acids is 3. The first-order chi connectivity index (χ1) is 13.6. The number of piperidine rings is 1. The Kier molecular flexibility index (Phi) is 6.95. The molecule has 1 fully saturated rings. The van der Waals surface area contributed by atoms with Crippen molar-refractivity contribution in [2.24, 2.45) is 5.92 Å². The fourth-order valence-electron chi connectivity index (χ4n) is 3.34. The van der Waals surface area contributed by atoms with Gasteiger partial charge in [-0.1, -0.05) is 30.3 Å². The lowest BCUT2D eigenvalue weighted by molar-refractivity contribution is -0.117. The lowest BCUT2D eigenvalue weighted by Gasteiger charge is -2.30. The minimum atomic E-state index is -0.431. The van der Waals surface area contributed by atoms with Crippen LogP contribution in [0.15, 0.2) is 41.8 Å². The number of nitrogens with one attached hydrogen (secondary N) is 1. The molecule has 1 saturated heterocycles. The third kappa shape index (κ3) is 5.05.